The second-order valence-corrected chi connectivity index (χ2v) is 8.07. The maximum Gasteiger partial charge on any atom is 0.341 e. The first kappa shape index (κ1) is 20.2. The largest absolute Gasteiger partial charge is 0.465 e. The van der Waals surface area contributed by atoms with Gasteiger partial charge in [0.05, 0.1) is 12.7 Å². The number of rotatable bonds is 9. The lowest BCUT2D eigenvalue weighted by molar-refractivity contribution is 0.0601. The van der Waals surface area contributed by atoms with Gasteiger partial charge in [-0.2, -0.15) is 0 Å². The van der Waals surface area contributed by atoms with Gasteiger partial charge in [0, 0.05) is 11.4 Å². The molecule has 2 N–H and O–H groups in total. The quantitative estimate of drug-likeness (QED) is 0.355. The Morgan fingerprint density at radius 2 is 1.88 bits per heavy atom. The highest BCUT2D eigenvalue weighted by molar-refractivity contribution is 7.80. The summed E-state index contributed by atoms with van der Waals surface area (Å²) in [5.41, 5.74) is 1.84. The summed E-state index contributed by atoms with van der Waals surface area (Å²) in [6, 6.07) is 0. The number of esters is 1. The van der Waals surface area contributed by atoms with E-state index in [-0.39, 0.29) is 5.97 Å². The molecule has 1 aliphatic carbocycles. The van der Waals surface area contributed by atoms with Gasteiger partial charge in [0.1, 0.15) is 5.00 Å². The van der Waals surface area contributed by atoms with Crippen molar-refractivity contribution < 1.29 is 9.53 Å². The number of unbranched alkanes of at least 4 members (excludes halogenated alkanes) is 5. The molecule has 0 aliphatic heterocycles. The van der Waals surface area contributed by atoms with E-state index >= 15 is 0 Å². The van der Waals surface area contributed by atoms with Gasteiger partial charge < -0.3 is 15.4 Å². The molecule has 0 amide bonds. The molecule has 25 heavy (non-hydrogen) atoms. The Bertz CT molecular complexity index is 584. The number of fused-ring (bicyclic) bond motifs is 1. The first-order chi connectivity index (χ1) is 12.2. The molecule has 140 valence electrons. The van der Waals surface area contributed by atoms with E-state index in [0.717, 1.165) is 42.8 Å². The van der Waals surface area contributed by atoms with Gasteiger partial charge in [-0.05, 0) is 49.9 Å². The second-order valence-electron chi connectivity index (χ2n) is 6.56. The number of ether oxygens (including phenoxy) is 1. The predicted octanol–water partition coefficient (Wildman–Crippen LogP) is 5.06. The SMILES string of the molecule is CCCCCCCCNC(=S)Nc1sc2c(c1C(=O)OC)CCCC2. The molecule has 2 rings (SSSR count). The summed E-state index contributed by atoms with van der Waals surface area (Å²) in [5.74, 6) is -0.263. The van der Waals surface area contributed by atoms with E-state index in [1.807, 2.05) is 0 Å². The number of hydrogen-bond donors (Lipinski definition) is 2. The van der Waals surface area contributed by atoms with Gasteiger partial charge in [-0.3, -0.25) is 0 Å². The van der Waals surface area contributed by atoms with Crippen LogP contribution in [0.3, 0.4) is 0 Å². The first-order valence-electron chi connectivity index (χ1n) is 9.45. The number of anilines is 1. The van der Waals surface area contributed by atoms with Crippen molar-refractivity contribution in [3.8, 4) is 0 Å². The molecule has 0 unspecified atom stereocenters. The van der Waals surface area contributed by atoms with Crippen LogP contribution in [-0.4, -0.2) is 24.7 Å². The Kier molecular flexibility index (Phi) is 8.68. The van der Waals surface area contributed by atoms with Gasteiger partial charge in [0.25, 0.3) is 0 Å². The average molecular weight is 383 g/mol. The van der Waals surface area contributed by atoms with Gasteiger partial charge in [0.15, 0.2) is 5.11 Å². The Hall–Kier alpha value is -1.14. The highest BCUT2D eigenvalue weighted by Gasteiger charge is 2.26. The van der Waals surface area contributed by atoms with E-state index in [4.69, 9.17) is 17.0 Å². The number of aryl methyl sites for hydroxylation is 1. The molecule has 1 aromatic rings. The van der Waals surface area contributed by atoms with Crippen LogP contribution in [0.1, 0.15) is 79.1 Å². The fourth-order valence-electron chi connectivity index (χ4n) is 3.23. The van der Waals surface area contributed by atoms with Crippen molar-refractivity contribution in [3.05, 3.63) is 16.0 Å². The molecule has 0 saturated carbocycles. The normalized spacial score (nSPS) is 13.2. The maximum atomic E-state index is 12.2. The summed E-state index contributed by atoms with van der Waals surface area (Å²) in [6.07, 6.45) is 11.9. The molecular weight excluding hydrogens is 352 g/mol. The van der Waals surface area contributed by atoms with Gasteiger partial charge in [0.2, 0.25) is 0 Å². The third-order valence-corrected chi connectivity index (χ3v) is 6.06. The van der Waals surface area contributed by atoms with Crippen molar-refractivity contribution in [2.24, 2.45) is 0 Å². The summed E-state index contributed by atoms with van der Waals surface area (Å²) < 4.78 is 4.99. The van der Waals surface area contributed by atoms with E-state index < -0.39 is 0 Å². The standard InChI is InChI=1S/C19H30N2O2S2/c1-3-4-5-6-7-10-13-20-19(24)21-17-16(18(22)23-2)14-11-8-9-12-15(14)25-17/h3-13H2,1-2H3,(H2,20,21,24). The minimum absolute atomic E-state index is 0.263. The highest BCUT2D eigenvalue weighted by atomic mass is 32.1. The topological polar surface area (TPSA) is 50.4 Å². The van der Waals surface area contributed by atoms with Crippen LogP contribution in [0, 0.1) is 0 Å². The minimum Gasteiger partial charge on any atom is -0.465 e. The molecule has 1 aromatic heterocycles. The number of nitrogens with one attached hydrogen (secondary N) is 2. The number of carbonyl (C=O) groups excluding carboxylic acids is 1. The van der Waals surface area contributed by atoms with E-state index in [1.165, 1.54) is 50.5 Å². The third kappa shape index (κ3) is 5.96. The van der Waals surface area contributed by atoms with Crippen LogP contribution in [0.15, 0.2) is 0 Å². The number of carbonyl (C=O) groups is 1. The molecular formula is C19H30N2O2S2. The van der Waals surface area contributed by atoms with Crippen molar-refractivity contribution in [1.82, 2.24) is 5.32 Å². The Labute approximate surface area is 160 Å². The van der Waals surface area contributed by atoms with Crippen LogP contribution in [-0.2, 0) is 17.6 Å². The van der Waals surface area contributed by atoms with Gasteiger partial charge in [-0.15, -0.1) is 11.3 Å². The molecule has 4 nitrogen and oxygen atoms in total. The van der Waals surface area contributed by atoms with E-state index in [9.17, 15) is 4.79 Å². The molecule has 0 atom stereocenters. The zero-order chi connectivity index (χ0) is 18.1. The Morgan fingerprint density at radius 1 is 1.16 bits per heavy atom. The van der Waals surface area contributed by atoms with Crippen molar-refractivity contribution in [3.63, 3.8) is 0 Å². The van der Waals surface area contributed by atoms with E-state index in [1.54, 1.807) is 11.3 Å². The summed E-state index contributed by atoms with van der Waals surface area (Å²) in [5, 5.41) is 7.92. The molecule has 0 aromatic carbocycles. The highest BCUT2D eigenvalue weighted by Crippen LogP contribution is 2.38. The van der Waals surface area contributed by atoms with Crippen LogP contribution >= 0.6 is 23.6 Å². The van der Waals surface area contributed by atoms with Crippen molar-refractivity contribution in [1.29, 1.82) is 0 Å². The van der Waals surface area contributed by atoms with E-state index in [0.29, 0.717) is 10.7 Å². The lowest BCUT2D eigenvalue weighted by Crippen LogP contribution is -2.29. The maximum absolute atomic E-state index is 12.2. The zero-order valence-corrected chi connectivity index (χ0v) is 17.0. The minimum atomic E-state index is -0.263. The summed E-state index contributed by atoms with van der Waals surface area (Å²) in [6.45, 7) is 3.10. The fourth-order valence-corrected chi connectivity index (χ4v) is 4.78. The molecule has 0 saturated heterocycles. The molecule has 1 aliphatic rings. The van der Waals surface area contributed by atoms with Crippen molar-refractivity contribution in [2.45, 2.75) is 71.1 Å². The Morgan fingerprint density at radius 3 is 2.64 bits per heavy atom. The average Bonchev–Trinajstić information content (AvgIpc) is 2.98. The van der Waals surface area contributed by atoms with E-state index in [2.05, 4.69) is 17.6 Å². The molecule has 0 radical (unpaired) electrons. The van der Waals surface area contributed by atoms with Crippen LogP contribution in [0.5, 0.6) is 0 Å². The summed E-state index contributed by atoms with van der Waals surface area (Å²) in [7, 11) is 1.44. The number of hydrogen-bond acceptors (Lipinski definition) is 4. The second kappa shape index (κ2) is 10.8. The van der Waals surface area contributed by atoms with Crippen molar-refractivity contribution in [2.75, 3.05) is 19.0 Å². The van der Waals surface area contributed by atoms with Gasteiger partial charge >= 0.3 is 5.97 Å². The summed E-state index contributed by atoms with van der Waals surface area (Å²) >= 11 is 7.06. The fraction of sp³-hybridized carbons (Fsp3) is 0.684. The first-order valence-corrected chi connectivity index (χ1v) is 10.7. The molecule has 0 fully saturated rings. The lowest BCUT2D eigenvalue weighted by atomic mass is 9.95. The van der Waals surface area contributed by atoms with Crippen LogP contribution in [0.4, 0.5) is 5.00 Å². The molecule has 0 bridgehead atoms. The number of thiophene rings is 1. The molecule has 0 spiro atoms. The van der Waals surface area contributed by atoms with Crippen molar-refractivity contribution >= 4 is 39.6 Å². The van der Waals surface area contributed by atoms with Crippen LogP contribution in [0.2, 0.25) is 0 Å². The smallest absolute Gasteiger partial charge is 0.341 e. The molecule has 1 heterocycles. The summed E-state index contributed by atoms with van der Waals surface area (Å²) in [4.78, 5) is 13.5. The number of methoxy groups -OCH3 is 1. The zero-order valence-electron chi connectivity index (χ0n) is 15.4. The van der Waals surface area contributed by atoms with Gasteiger partial charge in [-0.1, -0.05) is 39.0 Å². The lowest BCUT2D eigenvalue weighted by Gasteiger charge is -2.12. The third-order valence-electron chi connectivity index (χ3n) is 4.60. The number of thiocarbonyl (C=S) groups is 1. The Balaban J connectivity index is 1.86. The monoisotopic (exact) mass is 382 g/mol. The van der Waals surface area contributed by atoms with Crippen LogP contribution in [0.25, 0.3) is 0 Å². The molecule has 6 heteroatoms. The van der Waals surface area contributed by atoms with Gasteiger partial charge in [-0.25, -0.2) is 4.79 Å². The predicted molar refractivity (Wildman–Crippen MR) is 110 cm³/mol. The van der Waals surface area contributed by atoms with Crippen LogP contribution < -0.4 is 10.6 Å².